The Hall–Kier alpha value is -3.59. The van der Waals surface area contributed by atoms with Crippen molar-refractivity contribution >= 4 is 17.8 Å². The van der Waals surface area contributed by atoms with Crippen molar-refractivity contribution in [1.29, 1.82) is 5.26 Å². The molecule has 0 spiro atoms. The first-order valence-corrected chi connectivity index (χ1v) is 7.29. The molecular weight excluding hydrogens is 322 g/mol. The Balaban J connectivity index is 2.35. The molecule has 6 heteroatoms. The van der Waals surface area contributed by atoms with Crippen LogP contribution in [0.1, 0.15) is 15.9 Å². The molecule has 0 aliphatic carbocycles. The normalized spacial score (nSPS) is 10.6. The summed E-state index contributed by atoms with van der Waals surface area (Å²) in [7, 11) is 1.49. The lowest BCUT2D eigenvalue weighted by Gasteiger charge is -2.07. The zero-order chi connectivity index (χ0) is 18.2. The largest absolute Gasteiger partial charge is 0.497 e. The Kier molecular flexibility index (Phi) is 5.91. The highest BCUT2D eigenvalue weighted by Crippen LogP contribution is 2.23. The second-order valence-electron chi connectivity index (χ2n) is 4.95. The molecule has 0 bridgehead atoms. The van der Waals surface area contributed by atoms with E-state index in [1.54, 1.807) is 48.5 Å². The average molecular weight is 337 g/mol. The van der Waals surface area contributed by atoms with E-state index >= 15 is 0 Å². The zero-order valence-corrected chi connectivity index (χ0v) is 13.4. The number of carbonyl (C=O) groups excluding carboxylic acids is 1. The molecule has 0 aromatic heterocycles. The van der Waals surface area contributed by atoms with Crippen molar-refractivity contribution in [2.45, 2.75) is 0 Å². The van der Waals surface area contributed by atoms with Gasteiger partial charge in [-0.1, -0.05) is 30.3 Å². The molecule has 0 unspecified atom stereocenters. The molecule has 2 aromatic carbocycles. The number of nitriles is 1. The quantitative estimate of drug-likeness (QED) is 0.474. The summed E-state index contributed by atoms with van der Waals surface area (Å²) >= 11 is 0. The molecule has 2 rings (SSSR count). The van der Waals surface area contributed by atoms with Crippen molar-refractivity contribution < 1.29 is 24.2 Å². The van der Waals surface area contributed by atoms with E-state index in [0.717, 1.165) is 0 Å². The predicted octanol–water partition coefficient (Wildman–Crippen LogP) is 2.95. The van der Waals surface area contributed by atoms with Crippen LogP contribution in [0.15, 0.2) is 54.1 Å². The molecule has 0 atom stereocenters. The number of nitrogens with zero attached hydrogens (tertiary/aromatic N) is 1. The number of carboxylic acid groups (broad SMARTS) is 1. The highest BCUT2D eigenvalue weighted by Gasteiger charge is 2.14. The summed E-state index contributed by atoms with van der Waals surface area (Å²) in [6.45, 7) is -0.517. The number of para-hydroxylation sites is 1. The molecule has 126 valence electrons. The molecule has 0 heterocycles. The summed E-state index contributed by atoms with van der Waals surface area (Å²) in [6.07, 6.45) is 1.37. The van der Waals surface area contributed by atoms with Crippen molar-refractivity contribution in [3.63, 3.8) is 0 Å². The van der Waals surface area contributed by atoms with Gasteiger partial charge in [-0.3, -0.25) is 4.79 Å². The number of methoxy groups -OCH3 is 1. The van der Waals surface area contributed by atoms with Gasteiger partial charge in [0, 0.05) is 11.1 Å². The van der Waals surface area contributed by atoms with Gasteiger partial charge in [-0.05, 0) is 24.3 Å². The van der Waals surface area contributed by atoms with Crippen LogP contribution in [0.2, 0.25) is 0 Å². The van der Waals surface area contributed by atoms with E-state index in [0.29, 0.717) is 16.9 Å². The number of benzene rings is 2. The maximum atomic E-state index is 12.5. The Morgan fingerprint density at radius 1 is 1.20 bits per heavy atom. The number of aliphatic carboxylic acids is 1. The number of carbonyl (C=O) groups is 2. The number of Topliss-reactive ketones (excluding diaryl/α,β-unsaturated/α-hetero) is 1. The van der Waals surface area contributed by atoms with Gasteiger partial charge < -0.3 is 14.6 Å². The Morgan fingerprint density at radius 3 is 2.64 bits per heavy atom. The fourth-order valence-electron chi connectivity index (χ4n) is 2.09. The first-order valence-electron chi connectivity index (χ1n) is 7.29. The van der Waals surface area contributed by atoms with Crippen LogP contribution in [0, 0.1) is 11.3 Å². The summed E-state index contributed by atoms with van der Waals surface area (Å²) in [5, 5.41) is 18.1. The van der Waals surface area contributed by atoms with Crippen molar-refractivity contribution in [3.05, 3.63) is 65.2 Å². The Morgan fingerprint density at radius 2 is 1.96 bits per heavy atom. The summed E-state index contributed by atoms with van der Waals surface area (Å²) < 4.78 is 10.3. The van der Waals surface area contributed by atoms with E-state index in [2.05, 4.69) is 0 Å². The van der Waals surface area contributed by atoms with Crippen molar-refractivity contribution in [2.75, 3.05) is 13.7 Å². The molecule has 0 radical (unpaired) electrons. The minimum absolute atomic E-state index is 0.0976. The van der Waals surface area contributed by atoms with Crippen LogP contribution < -0.4 is 9.47 Å². The minimum atomic E-state index is -1.12. The SMILES string of the molecule is COc1cccc(C(=O)/C(C#N)=C/c2ccccc2OCC(=O)O)c1. The zero-order valence-electron chi connectivity index (χ0n) is 13.4. The smallest absolute Gasteiger partial charge is 0.341 e. The average Bonchev–Trinajstić information content (AvgIpc) is 2.64. The lowest BCUT2D eigenvalue weighted by molar-refractivity contribution is -0.139. The molecule has 0 saturated heterocycles. The highest BCUT2D eigenvalue weighted by molar-refractivity contribution is 6.14. The van der Waals surface area contributed by atoms with E-state index in [-0.39, 0.29) is 11.3 Å². The number of carboxylic acids is 1. The fraction of sp³-hybridized carbons (Fsp3) is 0.105. The molecule has 1 N–H and O–H groups in total. The van der Waals surface area contributed by atoms with E-state index < -0.39 is 18.4 Å². The van der Waals surface area contributed by atoms with E-state index in [1.807, 2.05) is 6.07 Å². The minimum Gasteiger partial charge on any atom is -0.497 e. The van der Waals surface area contributed by atoms with Gasteiger partial charge in [0.15, 0.2) is 6.61 Å². The lowest BCUT2D eigenvalue weighted by atomic mass is 10.0. The first kappa shape index (κ1) is 17.8. The van der Waals surface area contributed by atoms with Crippen LogP contribution in [0.3, 0.4) is 0 Å². The van der Waals surface area contributed by atoms with Crippen LogP contribution >= 0.6 is 0 Å². The van der Waals surface area contributed by atoms with Crippen molar-refractivity contribution in [2.24, 2.45) is 0 Å². The van der Waals surface area contributed by atoms with Gasteiger partial charge in [-0.15, -0.1) is 0 Å². The number of hydrogen-bond acceptors (Lipinski definition) is 5. The van der Waals surface area contributed by atoms with Gasteiger partial charge in [0.25, 0.3) is 0 Å². The van der Waals surface area contributed by atoms with Crippen LogP contribution in [0.25, 0.3) is 6.08 Å². The van der Waals surface area contributed by atoms with E-state index in [9.17, 15) is 14.9 Å². The Bertz CT molecular complexity index is 864. The van der Waals surface area contributed by atoms with Crippen LogP contribution in [0.5, 0.6) is 11.5 Å². The third-order valence-corrected chi connectivity index (χ3v) is 3.27. The number of hydrogen-bond donors (Lipinski definition) is 1. The number of rotatable bonds is 7. The standard InChI is InChI=1S/C19H15NO5/c1-24-16-7-4-6-14(10-16)19(23)15(11-20)9-13-5-2-3-8-17(13)25-12-18(21)22/h2-10H,12H2,1H3,(H,21,22)/b15-9+. The van der Waals surface area contributed by atoms with E-state index in [4.69, 9.17) is 14.6 Å². The molecule has 0 saturated carbocycles. The lowest BCUT2D eigenvalue weighted by Crippen LogP contribution is -2.10. The third-order valence-electron chi connectivity index (χ3n) is 3.27. The van der Waals surface area contributed by atoms with Crippen LogP contribution in [0.4, 0.5) is 0 Å². The second-order valence-corrected chi connectivity index (χ2v) is 4.95. The van der Waals surface area contributed by atoms with Crippen LogP contribution in [-0.2, 0) is 4.79 Å². The molecule has 0 amide bonds. The third kappa shape index (κ3) is 4.69. The van der Waals surface area contributed by atoms with Gasteiger partial charge in [0.2, 0.25) is 5.78 Å². The molecule has 0 aliphatic heterocycles. The van der Waals surface area contributed by atoms with Gasteiger partial charge in [-0.2, -0.15) is 5.26 Å². The van der Waals surface area contributed by atoms with Gasteiger partial charge in [0.05, 0.1) is 7.11 Å². The Labute approximate surface area is 144 Å². The first-order chi connectivity index (χ1) is 12.0. The molecular formula is C19H15NO5. The maximum absolute atomic E-state index is 12.5. The summed E-state index contributed by atoms with van der Waals surface area (Å²) in [5.74, 6) is -0.800. The summed E-state index contributed by atoms with van der Waals surface area (Å²) in [6, 6.07) is 14.9. The van der Waals surface area contributed by atoms with Crippen molar-refractivity contribution in [1.82, 2.24) is 0 Å². The van der Waals surface area contributed by atoms with Gasteiger partial charge in [0.1, 0.15) is 23.1 Å². The molecule has 0 fully saturated rings. The summed E-state index contributed by atoms with van der Waals surface area (Å²) in [5.41, 5.74) is 0.659. The van der Waals surface area contributed by atoms with E-state index in [1.165, 1.54) is 13.2 Å². The topological polar surface area (TPSA) is 96.6 Å². The molecule has 6 nitrogen and oxygen atoms in total. The summed E-state index contributed by atoms with van der Waals surface area (Å²) in [4.78, 5) is 23.2. The highest BCUT2D eigenvalue weighted by atomic mass is 16.5. The number of ether oxygens (including phenoxy) is 2. The molecule has 2 aromatic rings. The predicted molar refractivity (Wildman–Crippen MR) is 90.5 cm³/mol. The molecule has 25 heavy (non-hydrogen) atoms. The maximum Gasteiger partial charge on any atom is 0.341 e. The van der Waals surface area contributed by atoms with Crippen molar-refractivity contribution in [3.8, 4) is 17.6 Å². The van der Waals surface area contributed by atoms with Crippen LogP contribution in [-0.4, -0.2) is 30.6 Å². The second kappa shape index (κ2) is 8.31. The van der Waals surface area contributed by atoms with Gasteiger partial charge >= 0.3 is 5.97 Å². The van der Waals surface area contributed by atoms with Gasteiger partial charge in [-0.25, -0.2) is 4.79 Å². The number of allylic oxidation sites excluding steroid dienone is 1. The fourth-order valence-corrected chi connectivity index (χ4v) is 2.09. The molecule has 0 aliphatic rings. The number of ketones is 1. The monoisotopic (exact) mass is 337 g/mol.